The predicted octanol–water partition coefficient (Wildman–Crippen LogP) is 3.46. The maximum atomic E-state index is 11.9. The number of hydrogen-bond donors (Lipinski definition) is 1. The first-order valence-corrected chi connectivity index (χ1v) is 9.68. The number of unbranched alkanes of at least 4 members (excludes halogenated alkanes) is 3. The van der Waals surface area contributed by atoms with Crippen LogP contribution in [0.15, 0.2) is 24.3 Å². The summed E-state index contributed by atoms with van der Waals surface area (Å²) in [7, 11) is 0. The Balaban J connectivity index is 1.79. The van der Waals surface area contributed by atoms with Crippen molar-refractivity contribution in [2.75, 3.05) is 30.0 Å². The van der Waals surface area contributed by atoms with E-state index < -0.39 is 6.03 Å². The van der Waals surface area contributed by atoms with Gasteiger partial charge < -0.3 is 10.1 Å². The second-order valence-corrected chi connectivity index (χ2v) is 6.47. The number of ether oxygens (including phenoxy) is 1. The second-order valence-electron chi connectivity index (χ2n) is 5.67. The van der Waals surface area contributed by atoms with Crippen LogP contribution in [0.25, 0.3) is 0 Å². The summed E-state index contributed by atoms with van der Waals surface area (Å²) in [6, 6.07) is 6.78. The molecule has 6 heteroatoms. The van der Waals surface area contributed by atoms with E-state index in [-0.39, 0.29) is 12.5 Å². The quantitative estimate of drug-likeness (QED) is 0.295. The average Bonchev–Trinajstić information content (AvgIpc) is 2.95. The number of carbonyl (C=O) groups excluding carboxylic acids is 2. The fourth-order valence-corrected chi connectivity index (χ4v) is 2.87. The molecular formula is C19H23BrN2O3. The first-order valence-electron chi connectivity index (χ1n) is 8.56. The molecule has 1 fully saturated rings. The van der Waals surface area contributed by atoms with Gasteiger partial charge in [-0.25, -0.2) is 9.69 Å². The zero-order chi connectivity index (χ0) is 17.9. The molecule has 2 rings (SSSR count). The van der Waals surface area contributed by atoms with Crippen molar-refractivity contribution in [1.82, 2.24) is 5.32 Å². The molecule has 0 bridgehead atoms. The molecule has 1 aromatic carbocycles. The molecule has 25 heavy (non-hydrogen) atoms. The lowest BCUT2D eigenvalue weighted by Gasteiger charge is -2.14. The zero-order valence-electron chi connectivity index (χ0n) is 14.2. The standard InChI is InChI=1S/C19H23BrN2O3/c20-12-6-1-2-7-13-25-14-8-5-10-16-9-3-4-11-17(16)22-18(23)15-21-19(22)24/h3-4,9,11H,1-2,6-8,12-15H2,(H,21,24). The van der Waals surface area contributed by atoms with E-state index >= 15 is 0 Å². The van der Waals surface area contributed by atoms with Gasteiger partial charge in [0.2, 0.25) is 0 Å². The van der Waals surface area contributed by atoms with Gasteiger partial charge in [0.25, 0.3) is 5.91 Å². The van der Waals surface area contributed by atoms with Crippen molar-refractivity contribution < 1.29 is 14.3 Å². The average molecular weight is 407 g/mol. The molecule has 0 aliphatic carbocycles. The summed E-state index contributed by atoms with van der Waals surface area (Å²) in [5.74, 6) is 5.83. The number of halogens is 1. The molecule has 1 aromatic rings. The number of nitrogens with one attached hydrogen (secondary N) is 1. The topological polar surface area (TPSA) is 58.6 Å². The number of para-hydroxylation sites is 1. The largest absolute Gasteiger partial charge is 0.380 e. The number of carbonyl (C=O) groups is 2. The lowest BCUT2D eigenvalue weighted by Crippen LogP contribution is -2.31. The highest BCUT2D eigenvalue weighted by molar-refractivity contribution is 9.09. The first-order chi connectivity index (χ1) is 12.2. The number of amides is 3. The molecule has 0 atom stereocenters. The third kappa shape index (κ3) is 6.18. The Bertz CT molecular complexity index is 636. The van der Waals surface area contributed by atoms with E-state index in [0.29, 0.717) is 24.3 Å². The third-order valence-corrected chi connectivity index (χ3v) is 4.32. The van der Waals surface area contributed by atoms with Gasteiger partial charge in [-0.15, -0.1) is 0 Å². The highest BCUT2D eigenvalue weighted by atomic mass is 79.9. The number of benzene rings is 1. The number of nitrogens with zero attached hydrogens (tertiary/aromatic N) is 1. The van der Waals surface area contributed by atoms with Gasteiger partial charge in [-0.2, -0.15) is 0 Å². The van der Waals surface area contributed by atoms with Crippen molar-refractivity contribution in [1.29, 1.82) is 0 Å². The normalized spacial score (nSPS) is 13.6. The molecule has 0 radical (unpaired) electrons. The number of rotatable bonds is 9. The number of hydrogen-bond acceptors (Lipinski definition) is 3. The minimum Gasteiger partial charge on any atom is -0.380 e. The smallest absolute Gasteiger partial charge is 0.329 e. The third-order valence-electron chi connectivity index (χ3n) is 3.76. The van der Waals surface area contributed by atoms with Crippen molar-refractivity contribution in [3.8, 4) is 11.8 Å². The number of anilines is 1. The number of imide groups is 1. The Morgan fingerprint density at radius 1 is 1.12 bits per heavy atom. The molecule has 0 saturated carbocycles. The molecule has 134 valence electrons. The maximum absolute atomic E-state index is 11.9. The minimum absolute atomic E-state index is 0.0318. The van der Waals surface area contributed by atoms with Crippen LogP contribution in [0.2, 0.25) is 0 Å². The Hall–Kier alpha value is -1.84. The summed E-state index contributed by atoms with van der Waals surface area (Å²) >= 11 is 3.42. The van der Waals surface area contributed by atoms with Gasteiger partial charge in [0.1, 0.15) is 0 Å². The molecule has 0 aromatic heterocycles. The molecule has 1 aliphatic rings. The van der Waals surface area contributed by atoms with Crippen LogP contribution in [-0.4, -0.2) is 37.0 Å². The zero-order valence-corrected chi connectivity index (χ0v) is 15.8. The van der Waals surface area contributed by atoms with Crippen LogP contribution < -0.4 is 10.2 Å². The van der Waals surface area contributed by atoms with Gasteiger partial charge in [0.15, 0.2) is 0 Å². The minimum atomic E-state index is -0.400. The Morgan fingerprint density at radius 3 is 2.68 bits per heavy atom. The van der Waals surface area contributed by atoms with Crippen LogP contribution in [0.5, 0.6) is 0 Å². The molecular weight excluding hydrogens is 384 g/mol. The van der Waals surface area contributed by atoms with Crippen LogP contribution in [0.4, 0.5) is 10.5 Å². The summed E-state index contributed by atoms with van der Waals surface area (Å²) in [5, 5.41) is 3.59. The van der Waals surface area contributed by atoms with E-state index in [1.807, 2.05) is 12.1 Å². The highest BCUT2D eigenvalue weighted by Crippen LogP contribution is 2.21. The molecule has 1 saturated heterocycles. The highest BCUT2D eigenvalue weighted by Gasteiger charge is 2.31. The van der Waals surface area contributed by atoms with Gasteiger partial charge >= 0.3 is 6.03 Å². The molecule has 1 heterocycles. The van der Waals surface area contributed by atoms with E-state index in [1.54, 1.807) is 12.1 Å². The molecule has 0 unspecified atom stereocenters. The Kier molecular flexibility index (Phi) is 8.50. The van der Waals surface area contributed by atoms with Crippen LogP contribution in [-0.2, 0) is 9.53 Å². The van der Waals surface area contributed by atoms with E-state index in [4.69, 9.17) is 4.74 Å². The molecule has 5 nitrogen and oxygen atoms in total. The predicted molar refractivity (Wildman–Crippen MR) is 102 cm³/mol. The summed E-state index contributed by atoms with van der Waals surface area (Å²) in [5.41, 5.74) is 1.20. The van der Waals surface area contributed by atoms with Gasteiger partial charge in [-0.1, -0.05) is 52.7 Å². The Labute approximate surface area is 157 Å². The van der Waals surface area contributed by atoms with Crippen molar-refractivity contribution in [2.24, 2.45) is 0 Å². The monoisotopic (exact) mass is 406 g/mol. The van der Waals surface area contributed by atoms with Gasteiger partial charge in [-0.3, -0.25) is 4.79 Å². The molecule has 1 aliphatic heterocycles. The van der Waals surface area contributed by atoms with Gasteiger partial charge in [0.05, 0.1) is 18.8 Å². The van der Waals surface area contributed by atoms with E-state index in [9.17, 15) is 9.59 Å². The van der Waals surface area contributed by atoms with Gasteiger partial charge in [-0.05, 0) is 25.0 Å². The molecule has 3 amide bonds. The Morgan fingerprint density at radius 2 is 1.92 bits per heavy atom. The van der Waals surface area contributed by atoms with E-state index in [1.165, 1.54) is 19.3 Å². The fraction of sp³-hybridized carbons (Fsp3) is 0.474. The van der Waals surface area contributed by atoms with Gasteiger partial charge in [0, 0.05) is 23.9 Å². The van der Waals surface area contributed by atoms with Crippen molar-refractivity contribution in [2.45, 2.75) is 32.1 Å². The van der Waals surface area contributed by atoms with Crippen LogP contribution in [0.3, 0.4) is 0 Å². The molecule has 1 N–H and O–H groups in total. The first kappa shape index (κ1) is 19.5. The lowest BCUT2D eigenvalue weighted by atomic mass is 10.1. The maximum Gasteiger partial charge on any atom is 0.329 e. The van der Waals surface area contributed by atoms with Crippen molar-refractivity contribution in [3.63, 3.8) is 0 Å². The van der Waals surface area contributed by atoms with Crippen molar-refractivity contribution >= 4 is 33.6 Å². The van der Waals surface area contributed by atoms with Crippen LogP contribution in [0.1, 0.15) is 37.7 Å². The summed E-state index contributed by atoms with van der Waals surface area (Å²) in [6.45, 7) is 1.39. The number of urea groups is 1. The second kappa shape index (κ2) is 10.9. The SMILES string of the molecule is O=C1CNC(=O)N1c1ccccc1C#CCCOCCCCCCBr. The lowest BCUT2D eigenvalue weighted by molar-refractivity contribution is -0.115. The van der Waals surface area contributed by atoms with E-state index in [2.05, 4.69) is 33.1 Å². The van der Waals surface area contributed by atoms with Crippen LogP contribution >= 0.6 is 15.9 Å². The van der Waals surface area contributed by atoms with E-state index in [0.717, 1.165) is 23.3 Å². The summed E-state index contributed by atoms with van der Waals surface area (Å²) in [4.78, 5) is 24.8. The summed E-state index contributed by atoms with van der Waals surface area (Å²) in [6.07, 6.45) is 5.33. The fourth-order valence-electron chi connectivity index (χ4n) is 2.48. The van der Waals surface area contributed by atoms with Crippen molar-refractivity contribution in [3.05, 3.63) is 29.8 Å². The molecule has 0 spiro atoms. The van der Waals surface area contributed by atoms with Crippen LogP contribution in [0, 0.1) is 11.8 Å². The summed E-state index contributed by atoms with van der Waals surface area (Å²) < 4.78 is 5.57. The number of alkyl halides is 1.